The molecule has 0 aliphatic carbocycles. The Morgan fingerprint density at radius 2 is 1.80 bits per heavy atom. The summed E-state index contributed by atoms with van der Waals surface area (Å²) in [7, 11) is 6.28. The van der Waals surface area contributed by atoms with Crippen LogP contribution in [0.15, 0.2) is 24.3 Å². The summed E-state index contributed by atoms with van der Waals surface area (Å²) in [6.45, 7) is 7.32. The molecule has 0 aliphatic heterocycles. The van der Waals surface area contributed by atoms with Crippen LogP contribution in [0.5, 0.6) is 0 Å². The largest absolute Gasteiger partial charge is 0.381 e. The number of rotatable bonds is 4. The third-order valence-electron chi connectivity index (χ3n) is 4.05. The zero-order valence-corrected chi connectivity index (χ0v) is 13.4. The number of hydrogen-bond acceptors (Lipinski definition) is 2. The Labute approximate surface area is 122 Å². The zero-order chi connectivity index (χ0) is 14.9. The number of nitrogens with one attached hydrogen (secondary N) is 1. The Bertz CT molecular complexity index is 609. The zero-order valence-electron chi connectivity index (χ0n) is 13.4. The lowest BCUT2D eigenvalue weighted by molar-refractivity contribution is 0.837. The summed E-state index contributed by atoms with van der Waals surface area (Å²) >= 11 is 0. The van der Waals surface area contributed by atoms with Gasteiger partial charge in [-0.1, -0.05) is 6.07 Å². The molecule has 0 fully saturated rings. The summed E-state index contributed by atoms with van der Waals surface area (Å²) in [5, 5.41) is 3.52. The van der Waals surface area contributed by atoms with E-state index in [2.05, 4.69) is 81.0 Å². The monoisotopic (exact) mass is 271 g/mol. The average Bonchev–Trinajstić information content (AvgIpc) is 2.65. The fraction of sp³-hybridized carbons (Fsp3) is 0.412. The second-order valence-corrected chi connectivity index (χ2v) is 5.70. The highest BCUT2D eigenvalue weighted by Gasteiger charge is 2.07. The fourth-order valence-corrected chi connectivity index (χ4v) is 2.51. The van der Waals surface area contributed by atoms with Crippen molar-refractivity contribution < 1.29 is 0 Å². The van der Waals surface area contributed by atoms with Gasteiger partial charge in [-0.25, -0.2) is 0 Å². The van der Waals surface area contributed by atoms with Gasteiger partial charge in [0.1, 0.15) is 0 Å². The second-order valence-electron chi connectivity index (χ2n) is 5.70. The molecule has 2 aromatic rings. The van der Waals surface area contributed by atoms with Crippen LogP contribution in [0, 0.1) is 20.8 Å². The van der Waals surface area contributed by atoms with Crippen molar-refractivity contribution in [1.82, 2.24) is 4.57 Å². The predicted molar refractivity (Wildman–Crippen MR) is 87.7 cm³/mol. The smallest absolute Gasteiger partial charge is 0.0418 e. The Balaban J connectivity index is 2.15. The average molecular weight is 271 g/mol. The van der Waals surface area contributed by atoms with Crippen LogP contribution in [0.1, 0.15) is 22.5 Å². The number of hydrogen-bond donors (Lipinski definition) is 1. The quantitative estimate of drug-likeness (QED) is 0.916. The van der Waals surface area contributed by atoms with Gasteiger partial charge in [0.25, 0.3) is 0 Å². The minimum Gasteiger partial charge on any atom is -0.381 e. The van der Waals surface area contributed by atoms with E-state index >= 15 is 0 Å². The van der Waals surface area contributed by atoms with E-state index in [0.29, 0.717) is 0 Å². The number of aryl methyl sites for hydroxylation is 2. The molecule has 1 aromatic carbocycles. The molecule has 0 saturated carbocycles. The SMILES string of the molecule is Cc1ccc(NCc2cc(C)n(C)c2C)cc1N(C)C. The molecule has 0 aliphatic rings. The summed E-state index contributed by atoms with van der Waals surface area (Å²) in [4.78, 5) is 2.15. The summed E-state index contributed by atoms with van der Waals surface area (Å²) in [5.74, 6) is 0. The van der Waals surface area contributed by atoms with Crippen LogP contribution in [0.25, 0.3) is 0 Å². The minimum absolute atomic E-state index is 0.865. The molecule has 1 N–H and O–H groups in total. The van der Waals surface area contributed by atoms with Crippen molar-refractivity contribution >= 4 is 11.4 Å². The molecule has 0 radical (unpaired) electrons. The van der Waals surface area contributed by atoms with E-state index in [1.807, 2.05) is 0 Å². The Morgan fingerprint density at radius 3 is 2.35 bits per heavy atom. The minimum atomic E-state index is 0.865. The van der Waals surface area contributed by atoms with Crippen LogP contribution in [0.2, 0.25) is 0 Å². The molecule has 20 heavy (non-hydrogen) atoms. The van der Waals surface area contributed by atoms with E-state index in [-0.39, 0.29) is 0 Å². The molecule has 0 saturated heterocycles. The third kappa shape index (κ3) is 2.82. The van der Waals surface area contributed by atoms with Gasteiger partial charge in [0.15, 0.2) is 0 Å². The van der Waals surface area contributed by atoms with E-state index in [9.17, 15) is 0 Å². The van der Waals surface area contributed by atoms with Gasteiger partial charge in [-0.15, -0.1) is 0 Å². The number of aromatic nitrogens is 1. The van der Waals surface area contributed by atoms with Gasteiger partial charge < -0.3 is 14.8 Å². The van der Waals surface area contributed by atoms with Crippen molar-refractivity contribution in [3.8, 4) is 0 Å². The van der Waals surface area contributed by atoms with Crippen molar-refractivity contribution in [1.29, 1.82) is 0 Å². The highest BCUT2D eigenvalue weighted by atomic mass is 15.1. The molecule has 3 heteroatoms. The van der Waals surface area contributed by atoms with Gasteiger partial charge in [0.2, 0.25) is 0 Å². The second kappa shape index (κ2) is 5.61. The Kier molecular flexibility index (Phi) is 4.07. The first-order chi connectivity index (χ1) is 9.40. The van der Waals surface area contributed by atoms with Crippen molar-refractivity contribution in [2.75, 3.05) is 24.3 Å². The molecule has 108 valence electrons. The van der Waals surface area contributed by atoms with Crippen LogP contribution in [-0.4, -0.2) is 18.7 Å². The molecule has 0 unspecified atom stereocenters. The molecule has 0 bridgehead atoms. The molecule has 2 rings (SSSR count). The van der Waals surface area contributed by atoms with Crippen LogP contribution < -0.4 is 10.2 Å². The molecule has 1 aromatic heterocycles. The van der Waals surface area contributed by atoms with Gasteiger partial charge in [-0.05, 0) is 50.1 Å². The van der Waals surface area contributed by atoms with E-state index in [1.54, 1.807) is 0 Å². The van der Waals surface area contributed by atoms with Crippen molar-refractivity contribution in [2.45, 2.75) is 27.3 Å². The predicted octanol–water partition coefficient (Wildman–Crippen LogP) is 3.63. The maximum atomic E-state index is 3.52. The number of anilines is 2. The number of benzene rings is 1. The van der Waals surface area contributed by atoms with Crippen molar-refractivity contribution in [3.63, 3.8) is 0 Å². The first-order valence-electron chi connectivity index (χ1n) is 7.03. The Hall–Kier alpha value is -1.90. The lowest BCUT2D eigenvalue weighted by atomic mass is 10.1. The van der Waals surface area contributed by atoms with E-state index < -0.39 is 0 Å². The highest BCUT2D eigenvalue weighted by molar-refractivity contribution is 5.62. The van der Waals surface area contributed by atoms with Gasteiger partial charge >= 0.3 is 0 Å². The van der Waals surface area contributed by atoms with Crippen LogP contribution >= 0.6 is 0 Å². The van der Waals surface area contributed by atoms with Gasteiger partial charge in [0, 0.05) is 50.5 Å². The lowest BCUT2D eigenvalue weighted by Crippen LogP contribution is -2.11. The molecule has 0 amide bonds. The van der Waals surface area contributed by atoms with E-state index in [4.69, 9.17) is 0 Å². The van der Waals surface area contributed by atoms with Gasteiger partial charge in [-0.3, -0.25) is 0 Å². The van der Waals surface area contributed by atoms with Crippen LogP contribution in [0.3, 0.4) is 0 Å². The summed E-state index contributed by atoms with van der Waals surface area (Å²) in [6, 6.07) is 8.78. The first kappa shape index (κ1) is 14.5. The third-order valence-corrected chi connectivity index (χ3v) is 4.05. The molecule has 0 atom stereocenters. The van der Waals surface area contributed by atoms with Crippen molar-refractivity contribution in [2.24, 2.45) is 7.05 Å². The normalized spacial score (nSPS) is 10.7. The lowest BCUT2D eigenvalue weighted by Gasteiger charge is -2.17. The Morgan fingerprint density at radius 1 is 1.10 bits per heavy atom. The molecule has 1 heterocycles. The summed E-state index contributed by atoms with van der Waals surface area (Å²) in [6.07, 6.45) is 0. The van der Waals surface area contributed by atoms with Crippen LogP contribution in [0.4, 0.5) is 11.4 Å². The molecular formula is C17H25N3. The topological polar surface area (TPSA) is 20.2 Å². The first-order valence-corrected chi connectivity index (χ1v) is 7.03. The number of nitrogens with zero attached hydrogens (tertiary/aromatic N) is 2. The summed E-state index contributed by atoms with van der Waals surface area (Å²) in [5.41, 5.74) is 7.72. The maximum Gasteiger partial charge on any atom is 0.0418 e. The molecule has 3 nitrogen and oxygen atoms in total. The summed E-state index contributed by atoms with van der Waals surface area (Å²) < 4.78 is 2.23. The highest BCUT2D eigenvalue weighted by Crippen LogP contribution is 2.23. The van der Waals surface area contributed by atoms with Crippen LogP contribution in [-0.2, 0) is 13.6 Å². The van der Waals surface area contributed by atoms with Gasteiger partial charge in [-0.2, -0.15) is 0 Å². The standard InChI is InChI=1S/C17H25N3/c1-12-7-8-16(10-17(12)19(4)5)18-11-15-9-13(2)20(6)14(15)3/h7-10,18H,11H2,1-6H3. The molecule has 0 spiro atoms. The maximum absolute atomic E-state index is 3.52. The van der Waals surface area contributed by atoms with E-state index in [1.165, 1.54) is 33.9 Å². The fourth-order valence-electron chi connectivity index (χ4n) is 2.51. The van der Waals surface area contributed by atoms with Crippen molar-refractivity contribution in [3.05, 3.63) is 46.8 Å². The van der Waals surface area contributed by atoms with E-state index in [0.717, 1.165) is 6.54 Å². The van der Waals surface area contributed by atoms with Gasteiger partial charge in [0.05, 0.1) is 0 Å². The molecular weight excluding hydrogens is 246 g/mol.